The quantitative estimate of drug-likeness (QED) is 0.731. The summed E-state index contributed by atoms with van der Waals surface area (Å²) in [7, 11) is 0. The molecule has 76 valence electrons. The second-order valence-corrected chi connectivity index (χ2v) is 4.09. The number of aryl methyl sites for hydroxylation is 1. The Bertz CT molecular complexity index is 301. The third kappa shape index (κ3) is 3.86. The molecule has 0 aliphatic rings. The zero-order valence-corrected chi connectivity index (χ0v) is 9.23. The molecule has 0 spiro atoms. The Balaban J connectivity index is 2.05. The Kier molecular flexibility index (Phi) is 5.20. The molecule has 0 amide bonds. The summed E-state index contributed by atoms with van der Waals surface area (Å²) in [6.45, 7) is 3.92. The number of aromatic nitrogens is 1. The fourth-order valence-electron chi connectivity index (χ4n) is 1.15. The molecule has 0 radical (unpaired) electrons. The standard InChI is InChI=1S/C10H15N3S/c1-9-10(14-8-13-9)7-12-6-4-2-3-5-11/h8,12H,2-4,6-7H2,1H3. The van der Waals surface area contributed by atoms with Gasteiger partial charge in [0.2, 0.25) is 0 Å². The van der Waals surface area contributed by atoms with Crippen LogP contribution in [-0.4, -0.2) is 11.5 Å². The Morgan fingerprint density at radius 2 is 2.43 bits per heavy atom. The van der Waals surface area contributed by atoms with E-state index in [-0.39, 0.29) is 0 Å². The van der Waals surface area contributed by atoms with E-state index in [0.29, 0.717) is 6.42 Å². The van der Waals surface area contributed by atoms with Gasteiger partial charge in [-0.15, -0.1) is 11.3 Å². The van der Waals surface area contributed by atoms with Gasteiger partial charge in [-0.2, -0.15) is 5.26 Å². The van der Waals surface area contributed by atoms with E-state index >= 15 is 0 Å². The van der Waals surface area contributed by atoms with Crippen LogP contribution in [0.4, 0.5) is 0 Å². The summed E-state index contributed by atoms with van der Waals surface area (Å²) < 4.78 is 0. The van der Waals surface area contributed by atoms with Gasteiger partial charge in [-0.05, 0) is 26.3 Å². The van der Waals surface area contributed by atoms with Crippen LogP contribution >= 0.6 is 11.3 Å². The van der Waals surface area contributed by atoms with Crippen LogP contribution in [0.1, 0.15) is 29.8 Å². The number of hydrogen-bond donors (Lipinski definition) is 1. The normalized spacial score (nSPS) is 10.0. The number of thiazole rings is 1. The lowest BCUT2D eigenvalue weighted by Crippen LogP contribution is -2.14. The number of nitrogens with zero attached hydrogens (tertiary/aromatic N) is 2. The Morgan fingerprint density at radius 1 is 1.57 bits per heavy atom. The zero-order valence-electron chi connectivity index (χ0n) is 8.42. The molecule has 1 aromatic heterocycles. The van der Waals surface area contributed by atoms with Gasteiger partial charge < -0.3 is 5.32 Å². The summed E-state index contributed by atoms with van der Waals surface area (Å²) in [5.74, 6) is 0. The Hall–Kier alpha value is -0.920. The average molecular weight is 209 g/mol. The van der Waals surface area contributed by atoms with Crippen molar-refractivity contribution in [3.63, 3.8) is 0 Å². The van der Waals surface area contributed by atoms with Crippen LogP contribution in [0.2, 0.25) is 0 Å². The molecule has 0 fully saturated rings. The van der Waals surface area contributed by atoms with Crippen molar-refractivity contribution in [1.82, 2.24) is 10.3 Å². The second-order valence-electron chi connectivity index (χ2n) is 3.15. The molecule has 0 aromatic carbocycles. The van der Waals surface area contributed by atoms with Crippen LogP contribution < -0.4 is 5.32 Å². The van der Waals surface area contributed by atoms with Crippen molar-refractivity contribution in [3.05, 3.63) is 16.1 Å². The van der Waals surface area contributed by atoms with E-state index in [1.54, 1.807) is 11.3 Å². The monoisotopic (exact) mass is 209 g/mol. The van der Waals surface area contributed by atoms with Crippen molar-refractivity contribution >= 4 is 11.3 Å². The van der Waals surface area contributed by atoms with Crippen LogP contribution in [0.3, 0.4) is 0 Å². The van der Waals surface area contributed by atoms with Crippen molar-refractivity contribution in [2.45, 2.75) is 32.7 Å². The lowest BCUT2D eigenvalue weighted by Gasteiger charge is -2.01. The van der Waals surface area contributed by atoms with Crippen molar-refractivity contribution < 1.29 is 0 Å². The molecule has 0 saturated carbocycles. The first-order chi connectivity index (χ1) is 6.84. The lowest BCUT2D eigenvalue weighted by molar-refractivity contribution is 0.631. The number of nitrogens with one attached hydrogen (secondary N) is 1. The molecule has 3 nitrogen and oxygen atoms in total. The highest BCUT2D eigenvalue weighted by Gasteiger charge is 1.99. The van der Waals surface area contributed by atoms with Crippen LogP contribution in [0.5, 0.6) is 0 Å². The molecule has 0 bridgehead atoms. The first kappa shape index (κ1) is 11.2. The molecule has 14 heavy (non-hydrogen) atoms. The van der Waals surface area contributed by atoms with Crippen LogP contribution in [0, 0.1) is 18.3 Å². The lowest BCUT2D eigenvalue weighted by atomic mass is 10.2. The van der Waals surface area contributed by atoms with Gasteiger partial charge in [-0.1, -0.05) is 0 Å². The van der Waals surface area contributed by atoms with Gasteiger partial charge >= 0.3 is 0 Å². The van der Waals surface area contributed by atoms with E-state index in [4.69, 9.17) is 5.26 Å². The van der Waals surface area contributed by atoms with Crippen molar-refractivity contribution in [1.29, 1.82) is 5.26 Å². The van der Waals surface area contributed by atoms with E-state index in [9.17, 15) is 0 Å². The Labute approximate surface area is 88.8 Å². The van der Waals surface area contributed by atoms with Crippen molar-refractivity contribution in [2.75, 3.05) is 6.54 Å². The number of hydrogen-bond acceptors (Lipinski definition) is 4. The highest BCUT2D eigenvalue weighted by Crippen LogP contribution is 2.10. The first-order valence-electron chi connectivity index (χ1n) is 4.81. The largest absolute Gasteiger partial charge is 0.312 e. The summed E-state index contributed by atoms with van der Waals surface area (Å²) in [5.41, 5.74) is 3.00. The maximum atomic E-state index is 8.33. The predicted molar refractivity (Wildman–Crippen MR) is 58.0 cm³/mol. The summed E-state index contributed by atoms with van der Waals surface area (Å²) in [6, 6.07) is 2.15. The molecule has 1 aromatic rings. The molecule has 0 unspecified atom stereocenters. The molecule has 4 heteroatoms. The van der Waals surface area contributed by atoms with Gasteiger partial charge in [0.25, 0.3) is 0 Å². The second kappa shape index (κ2) is 6.52. The summed E-state index contributed by atoms with van der Waals surface area (Å²) in [6.07, 6.45) is 2.73. The third-order valence-corrected chi connectivity index (χ3v) is 2.96. The van der Waals surface area contributed by atoms with E-state index in [2.05, 4.69) is 16.4 Å². The maximum absolute atomic E-state index is 8.33. The summed E-state index contributed by atoms with van der Waals surface area (Å²) in [4.78, 5) is 5.49. The fraction of sp³-hybridized carbons (Fsp3) is 0.600. The molecular formula is C10H15N3S. The van der Waals surface area contributed by atoms with Crippen LogP contribution in [0.25, 0.3) is 0 Å². The molecule has 1 rings (SSSR count). The van der Waals surface area contributed by atoms with Gasteiger partial charge in [-0.25, -0.2) is 4.98 Å². The van der Waals surface area contributed by atoms with Gasteiger partial charge in [0.1, 0.15) is 0 Å². The third-order valence-electron chi connectivity index (χ3n) is 2.02. The topological polar surface area (TPSA) is 48.7 Å². The molecule has 0 aliphatic heterocycles. The molecule has 0 atom stereocenters. The molecular weight excluding hydrogens is 194 g/mol. The minimum absolute atomic E-state index is 0.668. The van der Waals surface area contributed by atoms with Crippen LogP contribution in [-0.2, 0) is 6.54 Å². The zero-order chi connectivity index (χ0) is 10.2. The van der Waals surface area contributed by atoms with Gasteiger partial charge in [0, 0.05) is 17.8 Å². The summed E-state index contributed by atoms with van der Waals surface area (Å²) in [5, 5.41) is 11.7. The van der Waals surface area contributed by atoms with E-state index in [0.717, 1.165) is 31.6 Å². The Morgan fingerprint density at radius 3 is 3.07 bits per heavy atom. The number of nitriles is 1. The van der Waals surface area contributed by atoms with Gasteiger partial charge in [0.05, 0.1) is 17.3 Å². The minimum Gasteiger partial charge on any atom is -0.312 e. The maximum Gasteiger partial charge on any atom is 0.0798 e. The summed E-state index contributed by atoms with van der Waals surface area (Å²) >= 11 is 1.69. The van der Waals surface area contributed by atoms with Gasteiger partial charge in [0.15, 0.2) is 0 Å². The minimum atomic E-state index is 0.668. The van der Waals surface area contributed by atoms with Crippen molar-refractivity contribution in [2.24, 2.45) is 0 Å². The van der Waals surface area contributed by atoms with Crippen LogP contribution in [0.15, 0.2) is 5.51 Å². The van der Waals surface area contributed by atoms with E-state index in [1.807, 2.05) is 12.4 Å². The fourth-order valence-corrected chi connectivity index (χ4v) is 1.90. The molecule has 0 aliphatic carbocycles. The highest BCUT2D eigenvalue weighted by molar-refractivity contribution is 7.09. The van der Waals surface area contributed by atoms with Gasteiger partial charge in [-0.3, -0.25) is 0 Å². The molecule has 1 N–H and O–H groups in total. The highest BCUT2D eigenvalue weighted by atomic mass is 32.1. The first-order valence-corrected chi connectivity index (χ1v) is 5.69. The molecule has 0 saturated heterocycles. The number of unbranched alkanes of at least 4 members (excludes halogenated alkanes) is 2. The van der Waals surface area contributed by atoms with E-state index in [1.165, 1.54) is 4.88 Å². The average Bonchev–Trinajstić information content (AvgIpc) is 2.58. The number of rotatable bonds is 6. The smallest absolute Gasteiger partial charge is 0.0798 e. The van der Waals surface area contributed by atoms with E-state index < -0.39 is 0 Å². The predicted octanol–water partition coefficient (Wildman–Crippen LogP) is 2.24. The van der Waals surface area contributed by atoms with Crippen molar-refractivity contribution in [3.8, 4) is 6.07 Å². The SMILES string of the molecule is Cc1ncsc1CNCCCCC#N. The molecule has 1 heterocycles.